The number of hydrogen-bond donors (Lipinski definition) is 1. The molecule has 1 heterocycles. The summed E-state index contributed by atoms with van der Waals surface area (Å²) in [6, 6.07) is -0.635. The van der Waals surface area contributed by atoms with Crippen LogP contribution in [0.1, 0.15) is 92.9 Å². The van der Waals surface area contributed by atoms with Crippen molar-refractivity contribution in [2.75, 3.05) is 25.9 Å². The third-order valence-electron chi connectivity index (χ3n) is 5.51. The number of rotatable bonds is 15. The number of amides is 4. The molecule has 0 aromatic heterocycles. The fourth-order valence-electron chi connectivity index (χ4n) is 3.68. The second-order valence-corrected chi connectivity index (χ2v) is 10.7. The molecule has 202 valence electrons. The van der Waals surface area contributed by atoms with Gasteiger partial charge >= 0.3 is 0 Å². The van der Waals surface area contributed by atoms with Gasteiger partial charge in [0.25, 0.3) is 0 Å². The van der Waals surface area contributed by atoms with E-state index in [4.69, 9.17) is 0 Å². The minimum atomic E-state index is -0.635. The first-order valence-electron chi connectivity index (χ1n) is 13.0. The number of likely N-dealkylation sites (tertiary alicyclic amines) is 1. The molecule has 0 bridgehead atoms. The van der Waals surface area contributed by atoms with Crippen LogP contribution >= 0.6 is 11.8 Å². The summed E-state index contributed by atoms with van der Waals surface area (Å²) >= 11 is 1.57. The molecule has 0 saturated carbocycles. The Bertz CT molecular complexity index is 698. The Kier molecular flexibility index (Phi) is 17.4. The third-order valence-corrected chi connectivity index (χ3v) is 6.81. The Morgan fingerprint density at radius 1 is 1.09 bits per heavy atom. The standard InChI is InChI=1S/C23H39N3O5S.C3H8/c1-6-7-13-32-18-14-20(29)26(23(18)31)12-10-8-9-11-19(28)25(5)21(16(2)3)22(30)24-15-17(4)27;1-3-2/h16,18,21H,6-15H2,1-5H3,(H,24,30);3H2,1-2H3. The predicted molar refractivity (Wildman–Crippen MR) is 142 cm³/mol. The zero-order valence-corrected chi connectivity index (χ0v) is 23.7. The third kappa shape index (κ3) is 12.6. The van der Waals surface area contributed by atoms with Crippen molar-refractivity contribution >= 4 is 41.2 Å². The summed E-state index contributed by atoms with van der Waals surface area (Å²) in [5.41, 5.74) is 0. The van der Waals surface area contributed by atoms with Crippen molar-refractivity contribution in [2.24, 2.45) is 5.92 Å². The van der Waals surface area contributed by atoms with Gasteiger partial charge in [-0.05, 0) is 37.9 Å². The lowest BCUT2D eigenvalue weighted by Gasteiger charge is -2.30. The maximum Gasteiger partial charge on any atom is 0.243 e. The molecule has 9 heteroatoms. The molecule has 1 N–H and O–H groups in total. The van der Waals surface area contributed by atoms with Crippen molar-refractivity contribution in [1.82, 2.24) is 15.1 Å². The number of likely N-dealkylation sites (N-methyl/N-ethyl adjacent to an activating group) is 1. The van der Waals surface area contributed by atoms with E-state index in [1.165, 1.54) is 23.1 Å². The lowest BCUT2D eigenvalue weighted by Crippen LogP contribution is -2.51. The second kappa shape index (κ2) is 18.4. The van der Waals surface area contributed by atoms with Crippen LogP contribution in [0.5, 0.6) is 0 Å². The molecule has 8 nitrogen and oxygen atoms in total. The average Bonchev–Trinajstić information content (AvgIpc) is 3.05. The van der Waals surface area contributed by atoms with E-state index in [1.54, 1.807) is 18.8 Å². The summed E-state index contributed by atoms with van der Waals surface area (Å²) in [4.78, 5) is 63.5. The van der Waals surface area contributed by atoms with Gasteiger partial charge in [0.15, 0.2) is 0 Å². The minimum absolute atomic E-state index is 0.0456. The molecule has 1 aliphatic rings. The van der Waals surface area contributed by atoms with Crippen LogP contribution in [0.15, 0.2) is 0 Å². The summed E-state index contributed by atoms with van der Waals surface area (Å²) < 4.78 is 0. The number of nitrogens with zero attached hydrogens (tertiary/aromatic N) is 2. The lowest BCUT2D eigenvalue weighted by atomic mass is 10.0. The van der Waals surface area contributed by atoms with Crippen LogP contribution in [-0.2, 0) is 24.0 Å². The van der Waals surface area contributed by atoms with Crippen molar-refractivity contribution in [3.05, 3.63) is 0 Å². The summed E-state index contributed by atoms with van der Waals surface area (Å²) in [7, 11) is 1.61. The minimum Gasteiger partial charge on any atom is -0.347 e. The smallest absolute Gasteiger partial charge is 0.243 e. The summed E-state index contributed by atoms with van der Waals surface area (Å²) in [6.07, 6.45) is 5.94. The molecule has 0 aromatic rings. The van der Waals surface area contributed by atoms with E-state index in [9.17, 15) is 24.0 Å². The van der Waals surface area contributed by atoms with Gasteiger partial charge in [0.05, 0.1) is 11.8 Å². The fourth-order valence-corrected chi connectivity index (χ4v) is 4.95. The van der Waals surface area contributed by atoms with Crippen molar-refractivity contribution < 1.29 is 24.0 Å². The first kappa shape index (κ1) is 33.1. The highest BCUT2D eigenvalue weighted by atomic mass is 32.2. The molecule has 0 aliphatic carbocycles. The second-order valence-electron chi connectivity index (χ2n) is 9.43. The molecule has 1 aliphatic heterocycles. The van der Waals surface area contributed by atoms with Crippen LogP contribution in [0.25, 0.3) is 0 Å². The molecular weight excluding hydrogens is 466 g/mol. The van der Waals surface area contributed by atoms with Gasteiger partial charge in [-0.3, -0.25) is 28.9 Å². The van der Waals surface area contributed by atoms with E-state index >= 15 is 0 Å². The molecule has 35 heavy (non-hydrogen) atoms. The van der Waals surface area contributed by atoms with Gasteiger partial charge in [-0.1, -0.05) is 53.9 Å². The van der Waals surface area contributed by atoms with Crippen LogP contribution < -0.4 is 5.32 Å². The number of unbranched alkanes of at least 4 members (excludes halogenated alkanes) is 3. The number of Topliss-reactive ketones (excluding diaryl/α,β-unsaturated/α-hetero) is 1. The maximum atomic E-state index is 12.6. The lowest BCUT2D eigenvalue weighted by molar-refractivity contribution is -0.141. The van der Waals surface area contributed by atoms with Crippen LogP contribution in [0.2, 0.25) is 0 Å². The summed E-state index contributed by atoms with van der Waals surface area (Å²) in [5, 5.41) is 2.34. The summed E-state index contributed by atoms with van der Waals surface area (Å²) in [5.74, 6) is 0.0144. The van der Waals surface area contributed by atoms with Gasteiger partial charge in [0, 0.05) is 26.4 Å². The van der Waals surface area contributed by atoms with Crippen LogP contribution in [-0.4, -0.2) is 76.4 Å². The van der Waals surface area contributed by atoms with E-state index in [0.717, 1.165) is 18.6 Å². The molecule has 1 saturated heterocycles. The van der Waals surface area contributed by atoms with Crippen molar-refractivity contribution in [3.63, 3.8) is 0 Å². The Morgan fingerprint density at radius 2 is 1.71 bits per heavy atom. The molecule has 2 unspecified atom stereocenters. The first-order chi connectivity index (χ1) is 16.5. The number of carbonyl (C=O) groups excluding carboxylic acids is 5. The van der Waals surface area contributed by atoms with Crippen molar-refractivity contribution in [2.45, 2.75) is 104 Å². The van der Waals surface area contributed by atoms with Crippen LogP contribution in [0.4, 0.5) is 0 Å². The Balaban J connectivity index is 0.00000365. The molecule has 1 rings (SSSR count). The number of hydrogen-bond acceptors (Lipinski definition) is 6. The predicted octanol–water partition coefficient (Wildman–Crippen LogP) is 3.81. The summed E-state index contributed by atoms with van der Waals surface area (Å²) in [6.45, 7) is 11.8. The zero-order chi connectivity index (χ0) is 27.0. The van der Waals surface area contributed by atoms with Gasteiger partial charge in [0.1, 0.15) is 11.8 Å². The zero-order valence-electron chi connectivity index (χ0n) is 22.9. The highest BCUT2D eigenvalue weighted by Gasteiger charge is 2.38. The number of nitrogens with one attached hydrogen (secondary N) is 1. The molecule has 2 atom stereocenters. The molecule has 0 aromatic carbocycles. The van der Waals surface area contributed by atoms with Crippen molar-refractivity contribution in [1.29, 1.82) is 0 Å². The first-order valence-corrected chi connectivity index (χ1v) is 14.0. The van der Waals surface area contributed by atoms with Crippen LogP contribution in [0, 0.1) is 5.92 Å². The molecule has 1 fully saturated rings. The van der Waals surface area contributed by atoms with Gasteiger partial charge in [-0.25, -0.2) is 0 Å². The molecule has 0 radical (unpaired) electrons. The Hall–Kier alpha value is -1.90. The van der Waals surface area contributed by atoms with E-state index in [2.05, 4.69) is 26.1 Å². The Morgan fingerprint density at radius 3 is 2.26 bits per heavy atom. The van der Waals surface area contributed by atoms with Crippen molar-refractivity contribution in [3.8, 4) is 0 Å². The van der Waals surface area contributed by atoms with Crippen LogP contribution in [0.3, 0.4) is 0 Å². The number of thioether (sulfide) groups is 1. The van der Waals surface area contributed by atoms with E-state index in [0.29, 0.717) is 32.2 Å². The number of imide groups is 1. The van der Waals surface area contributed by atoms with Gasteiger partial charge in [-0.2, -0.15) is 0 Å². The van der Waals surface area contributed by atoms with E-state index in [-0.39, 0.29) is 53.5 Å². The molecular formula is C26H47N3O5S. The average molecular weight is 514 g/mol. The quantitative estimate of drug-likeness (QED) is 0.264. The number of carbonyl (C=O) groups is 5. The van der Waals surface area contributed by atoms with E-state index < -0.39 is 6.04 Å². The van der Waals surface area contributed by atoms with Gasteiger partial charge < -0.3 is 10.2 Å². The largest absolute Gasteiger partial charge is 0.347 e. The molecule has 4 amide bonds. The SMILES string of the molecule is CCC.CCCCSC1CC(=O)N(CCCCCC(=O)N(C)C(C(=O)NCC(C)=O)C(C)C)C1=O. The monoisotopic (exact) mass is 513 g/mol. The van der Waals surface area contributed by atoms with Gasteiger partial charge in [0.2, 0.25) is 23.6 Å². The fraction of sp³-hybridized carbons (Fsp3) is 0.808. The highest BCUT2D eigenvalue weighted by molar-refractivity contribution is 8.00. The topological polar surface area (TPSA) is 104 Å². The maximum absolute atomic E-state index is 12.6. The normalized spacial score (nSPS) is 16.1. The number of ketones is 1. The highest BCUT2D eigenvalue weighted by Crippen LogP contribution is 2.26. The van der Waals surface area contributed by atoms with Gasteiger partial charge in [-0.15, -0.1) is 11.8 Å². The van der Waals surface area contributed by atoms with E-state index in [1.807, 2.05) is 13.8 Å². The Labute approximate surface area is 216 Å². The molecule has 0 spiro atoms.